The van der Waals surface area contributed by atoms with Gasteiger partial charge in [-0.15, -0.1) is 0 Å². The molecule has 0 spiro atoms. The van der Waals surface area contributed by atoms with E-state index in [0.717, 1.165) is 29.7 Å². The lowest BCUT2D eigenvalue weighted by Crippen LogP contribution is -2.11. The fourth-order valence-corrected chi connectivity index (χ4v) is 4.15. The van der Waals surface area contributed by atoms with Crippen molar-refractivity contribution in [3.63, 3.8) is 0 Å². The monoisotopic (exact) mass is 568 g/mol. The Hall–Kier alpha value is -5.11. The lowest BCUT2D eigenvalue weighted by atomic mass is 10.0. The number of hydrogen-bond acceptors (Lipinski definition) is 8. The molecule has 0 heterocycles. The van der Waals surface area contributed by atoms with E-state index >= 15 is 0 Å². The van der Waals surface area contributed by atoms with E-state index in [1.165, 1.54) is 30.9 Å². The van der Waals surface area contributed by atoms with Crippen molar-refractivity contribution < 1.29 is 38.1 Å². The topological polar surface area (TPSA) is 97.4 Å². The Kier molecular flexibility index (Phi) is 10.3. The predicted octanol–water partition coefficient (Wildman–Crippen LogP) is 6.74. The van der Waals surface area contributed by atoms with Crippen LogP contribution in [-0.4, -0.2) is 38.2 Å². The highest BCUT2D eigenvalue weighted by molar-refractivity contribution is 5.94. The van der Waals surface area contributed by atoms with Crippen LogP contribution in [0.15, 0.2) is 91.5 Å². The zero-order valence-corrected chi connectivity index (χ0v) is 23.6. The van der Waals surface area contributed by atoms with Gasteiger partial charge in [-0.2, -0.15) is 0 Å². The molecule has 4 aromatic carbocycles. The highest BCUT2D eigenvalue weighted by Gasteiger charge is 2.17. The standard InChI is InChI=1S/C34H32O8/c1-4-7-23-8-9-26-21-29(16-12-25(26)20-23)41-34(37)27-13-17-30(31(22-27)38-3)42-33(36)24-10-14-28(15-11-24)39-18-6-19-40-32(35)5-2/h5,8-17,20-22H,2,4,6-7,18-19H2,1,3H3. The normalized spacial score (nSPS) is 10.5. The molecule has 4 aromatic rings. The Labute approximate surface area is 244 Å². The van der Waals surface area contributed by atoms with Crippen molar-refractivity contribution in [2.24, 2.45) is 0 Å². The first-order chi connectivity index (χ1) is 20.4. The molecule has 42 heavy (non-hydrogen) atoms. The van der Waals surface area contributed by atoms with E-state index in [0.29, 0.717) is 30.1 Å². The van der Waals surface area contributed by atoms with E-state index in [1.807, 2.05) is 18.2 Å². The molecule has 4 rings (SSSR count). The molecule has 0 aliphatic rings. The molecule has 0 amide bonds. The van der Waals surface area contributed by atoms with Gasteiger partial charge in [-0.05, 0) is 77.4 Å². The van der Waals surface area contributed by atoms with E-state index in [1.54, 1.807) is 30.3 Å². The second-order valence-electron chi connectivity index (χ2n) is 9.34. The number of ether oxygens (including phenoxy) is 5. The van der Waals surface area contributed by atoms with E-state index in [2.05, 4.69) is 25.6 Å². The quantitative estimate of drug-likeness (QED) is 0.0757. The molecule has 0 aliphatic heterocycles. The van der Waals surface area contributed by atoms with Crippen LogP contribution in [0.5, 0.6) is 23.0 Å². The Morgan fingerprint density at radius 2 is 1.43 bits per heavy atom. The molecule has 0 atom stereocenters. The van der Waals surface area contributed by atoms with Crippen molar-refractivity contribution in [2.45, 2.75) is 26.2 Å². The van der Waals surface area contributed by atoms with Crippen LogP contribution in [0, 0.1) is 0 Å². The number of benzene rings is 4. The third kappa shape index (κ3) is 7.97. The van der Waals surface area contributed by atoms with Gasteiger partial charge in [0.05, 0.1) is 31.5 Å². The van der Waals surface area contributed by atoms with Crippen LogP contribution in [0.25, 0.3) is 10.8 Å². The highest BCUT2D eigenvalue weighted by atomic mass is 16.6. The maximum atomic E-state index is 12.9. The average molecular weight is 569 g/mol. The van der Waals surface area contributed by atoms with Crippen LogP contribution in [0.1, 0.15) is 46.0 Å². The van der Waals surface area contributed by atoms with Crippen LogP contribution >= 0.6 is 0 Å². The summed E-state index contributed by atoms with van der Waals surface area (Å²) in [7, 11) is 1.42. The molecule has 0 aromatic heterocycles. The highest BCUT2D eigenvalue weighted by Crippen LogP contribution is 2.30. The molecule has 0 unspecified atom stereocenters. The fourth-order valence-electron chi connectivity index (χ4n) is 4.15. The second kappa shape index (κ2) is 14.5. The van der Waals surface area contributed by atoms with Crippen LogP contribution in [0.2, 0.25) is 0 Å². The van der Waals surface area contributed by atoms with Crippen LogP contribution in [0.3, 0.4) is 0 Å². The smallest absolute Gasteiger partial charge is 0.343 e. The van der Waals surface area contributed by atoms with Gasteiger partial charge < -0.3 is 23.7 Å². The summed E-state index contributed by atoms with van der Waals surface area (Å²) in [4.78, 5) is 36.7. The summed E-state index contributed by atoms with van der Waals surface area (Å²) in [6.07, 6.45) is 3.70. The van der Waals surface area contributed by atoms with Crippen molar-refractivity contribution in [3.05, 3.63) is 108 Å². The van der Waals surface area contributed by atoms with Crippen molar-refractivity contribution in [1.82, 2.24) is 0 Å². The number of carbonyl (C=O) groups is 3. The summed E-state index contributed by atoms with van der Waals surface area (Å²) in [6, 6.07) is 22.7. The molecule has 0 saturated heterocycles. The Morgan fingerprint density at radius 3 is 2.17 bits per heavy atom. The first-order valence-corrected chi connectivity index (χ1v) is 13.6. The second-order valence-corrected chi connectivity index (χ2v) is 9.34. The number of esters is 3. The number of methoxy groups -OCH3 is 1. The molecule has 0 N–H and O–H groups in total. The maximum Gasteiger partial charge on any atom is 0.343 e. The molecule has 0 aliphatic carbocycles. The van der Waals surface area contributed by atoms with Gasteiger partial charge in [0.15, 0.2) is 11.5 Å². The summed E-state index contributed by atoms with van der Waals surface area (Å²) in [5.41, 5.74) is 1.81. The minimum Gasteiger partial charge on any atom is -0.493 e. The average Bonchev–Trinajstić information content (AvgIpc) is 3.01. The molecular weight excluding hydrogens is 536 g/mol. The van der Waals surface area contributed by atoms with Crippen molar-refractivity contribution >= 4 is 28.7 Å². The first kappa shape index (κ1) is 29.9. The molecule has 8 heteroatoms. The number of hydrogen-bond donors (Lipinski definition) is 0. The summed E-state index contributed by atoms with van der Waals surface area (Å²) in [5, 5.41) is 2.06. The van der Waals surface area contributed by atoms with Gasteiger partial charge in [-0.25, -0.2) is 14.4 Å². The lowest BCUT2D eigenvalue weighted by molar-refractivity contribution is -0.137. The molecule has 0 saturated carbocycles. The van der Waals surface area contributed by atoms with Gasteiger partial charge in [0.1, 0.15) is 11.5 Å². The van der Waals surface area contributed by atoms with Gasteiger partial charge >= 0.3 is 17.9 Å². The van der Waals surface area contributed by atoms with E-state index < -0.39 is 17.9 Å². The Bertz CT molecular complexity index is 1570. The van der Waals surface area contributed by atoms with Crippen LogP contribution in [0.4, 0.5) is 0 Å². The van der Waals surface area contributed by atoms with Crippen molar-refractivity contribution in [2.75, 3.05) is 20.3 Å². The van der Waals surface area contributed by atoms with Gasteiger partial charge in [0.25, 0.3) is 0 Å². The number of rotatable bonds is 13. The largest absolute Gasteiger partial charge is 0.493 e. The van der Waals surface area contributed by atoms with Gasteiger partial charge in [-0.1, -0.05) is 44.2 Å². The third-order valence-corrected chi connectivity index (χ3v) is 6.29. The molecule has 8 nitrogen and oxygen atoms in total. The van der Waals surface area contributed by atoms with Gasteiger partial charge in [-0.3, -0.25) is 0 Å². The molecule has 0 fully saturated rings. The van der Waals surface area contributed by atoms with Crippen LogP contribution < -0.4 is 18.9 Å². The molecule has 216 valence electrons. The predicted molar refractivity (Wildman–Crippen MR) is 159 cm³/mol. The zero-order chi connectivity index (χ0) is 29.9. The van der Waals surface area contributed by atoms with Crippen LogP contribution in [-0.2, 0) is 16.0 Å². The maximum absolute atomic E-state index is 12.9. The van der Waals surface area contributed by atoms with Crippen molar-refractivity contribution in [1.29, 1.82) is 0 Å². The first-order valence-electron chi connectivity index (χ1n) is 13.6. The lowest BCUT2D eigenvalue weighted by Gasteiger charge is -2.12. The minimum absolute atomic E-state index is 0.155. The third-order valence-electron chi connectivity index (χ3n) is 6.29. The zero-order valence-electron chi connectivity index (χ0n) is 23.6. The number of carbonyl (C=O) groups excluding carboxylic acids is 3. The fraction of sp³-hybridized carbons (Fsp3) is 0.206. The van der Waals surface area contributed by atoms with E-state index in [4.69, 9.17) is 23.7 Å². The van der Waals surface area contributed by atoms with E-state index in [9.17, 15) is 14.4 Å². The van der Waals surface area contributed by atoms with Gasteiger partial charge in [0.2, 0.25) is 0 Å². The summed E-state index contributed by atoms with van der Waals surface area (Å²) >= 11 is 0. The number of aryl methyl sites for hydroxylation is 1. The summed E-state index contributed by atoms with van der Waals surface area (Å²) in [5.74, 6) is -0.319. The Balaban J connectivity index is 1.35. The minimum atomic E-state index is -0.607. The van der Waals surface area contributed by atoms with Crippen molar-refractivity contribution in [3.8, 4) is 23.0 Å². The Morgan fingerprint density at radius 1 is 0.738 bits per heavy atom. The van der Waals surface area contributed by atoms with E-state index in [-0.39, 0.29) is 23.7 Å². The molecular formula is C34H32O8. The molecule has 0 bridgehead atoms. The SMILES string of the molecule is C=CC(=O)OCCCOc1ccc(C(=O)Oc2ccc(C(=O)Oc3ccc4cc(CCC)ccc4c3)cc2OC)cc1. The summed E-state index contributed by atoms with van der Waals surface area (Å²) < 4.78 is 27.0. The van der Waals surface area contributed by atoms with Gasteiger partial charge in [0, 0.05) is 12.5 Å². The number of fused-ring (bicyclic) bond motifs is 1. The summed E-state index contributed by atoms with van der Waals surface area (Å²) in [6.45, 7) is 6.03. The molecule has 0 radical (unpaired) electrons.